The minimum atomic E-state index is -0.602. The third-order valence-electron chi connectivity index (χ3n) is 2.30. The summed E-state index contributed by atoms with van der Waals surface area (Å²) in [5, 5.41) is 2.67. The molecule has 1 rings (SSSR count). The van der Waals surface area contributed by atoms with E-state index in [4.69, 9.17) is 15.2 Å². The maximum absolute atomic E-state index is 11.6. The third-order valence-corrected chi connectivity index (χ3v) is 2.30. The molecule has 104 valence electrons. The average molecular weight is 265 g/mol. The maximum Gasteiger partial charge on any atom is 0.241 e. The van der Waals surface area contributed by atoms with Crippen molar-refractivity contribution in [1.29, 1.82) is 0 Å². The van der Waals surface area contributed by atoms with Crippen molar-refractivity contribution in [3.05, 3.63) is 31.0 Å². The Bertz CT molecular complexity index is 406. The van der Waals surface area contributed by atoms with Crippen molar-refractivity contribution in [1.82, 2.24) is 4.98 Å². The van der Waals surface area contributed by atoms with Gasteiger partial charge < -0.3 is 20.5 Å². The Labute approximate surface area is 112 Å². The molecule has 1 amide bonds. The average Bonchev–Trinajstić information content (AvgIpc) is 2.41. The van der Waals surface area contributed by atoms with E-state index in [1.165, 1.54) is 6.20 Å². The summed E-state index contributed by atoms with van der Waals surface area (Å²) < 4.78 is 10.2. The number of amides is 1. The lowest BCUT2D eigenvalue weighted by Crippen LogP contribution is -2.35. The number of carbonyl (C=O) groups is 1. The van der Waals surface area contributed by atoms with Crippen molar-refractivity contribution in [2.75, 3.05) is 25.6 Å². The molecule has 0 aromatic carbocycles. The second-order valence-electron chi connectivity index (χ2n) is 3.85. The summed E-state index contributed by atoms with van der Waals surface area (Å²) in [6.45, 7) is 4.46. The van der Waals surface area contributed by atoms with Crippen molar-refractivity contribution >= 4 is 11.6 Å². The van der Waals surface area contributed by atoms with E-state index in [1.54, 1.807) is 25.3 Å². The molecule has 0 aliphatic carbocycles. The molecule has 1 atom stereocenters. The number of pyridine rings is 1. The molecule has 6 heteroatoms. The van der Waals surface area contributed by atoms with E-state index >= 15 is 0 Å². The Balaban J connectivity index is 2.47. The van der Waals surface area contributed by atoms with E-state index in [0.29, 0.717) is 31.2 Å². The van der Waals surface area contributed by atoms with Gasteiger partial charge in [-0.25, -0.2) is 4.98 Å². The highest BCUT2D eigenvalue weighted by molar-refractivity contribution is 5.94. The second kappa shape index (κ2) is 8.23. The summed E-state index contributed by atoms with van der Waals surface area (Å²) in [4.78, 5) is 15.7. The van der Waals surface area contributed by atoms with Crippen LogP contribution < -0.4 is 15.8 Å². The minimum absolute atomic E-state index is 0.269. The summed E-state index contributed by atoms with van der Waals surface area (Å²) in [5.74, 6) is 0.209. The van der Waals surface area contributed by atoms with Gasteiger partial charge in [0.2, 0.25) is 11.8 Å². The smallest absolute Gasteiger partial charge is 0.241 e. The highest BCUT2D eigenvalue weighted by Crippen LogP contribution is 2.11. The van der Waals surface area contributed by atoms with Gasteiger partial charge in [-0.3, -0.25) is 4.79 Å². The molecule has 0 spiro atoms. The van der Waals surface area contributed by atoms with Crippen LogP contribution in [0.25, 0.3) is 0 Å². The standard InChI is InChI=1S/C13H19N3O3/c1-3-4-11(14)13(17)16-10-5-6-12(15-9-10)19-8-7-18-2/h3,5-6,9,11H,1,4,7-8,14H2,2H3,(H,16,17). The first-order valence-corrected chi connectivity index (χ1v) is 5.92. The number of methoxy groups -OCH3 is 1. The van der Waals surface area contributed by atoms with Gasteiger partial charge in [0.15, 0.2) is 0 Å². The zero-order chi connectivity index (χ0) is 14.1. The van der Waals surface area contributed by atoms with Gasteiger partial charge in [-0.2, -0.15) is 0 Å². The highest BCUT2D eigenvalue weighted by Gasteiger charge is 2.11. The largest absolute Gasteiger partial charge is 0.475 e. The number of nitrogens with one attached hydrogen (secondary N) is 1. The first kappa shape index (κ1) is 15.1. The van der Waals surface area contributed by atoms with E-state index in [-0.39, 0.29) is 5.91 Å². The summed E-state index contributed by atoms with van der Waals surface area (Å²) in [5.41, 5.74) is 6.22. The number of nitrogens with two attached hydrogens (primary N) is 1. The molecule has 1 aromatic rings. The van der Waals surface area contributed by atoms with Crippen LogP contribution in [0.3, 0.4) is 0 Å². The predicted octanol–water partition coefficient (Wildman–Crippen LogP) is 0.949. The number of anilines is 1. The van der Waals surface area contributed by atoms with Gasteiger partial charge in [0.25, 0.3) is 0 Å². The van der Waals surface area contributed by atoms with Crippen LogP contribution in [-0.4, -0.2) is 37.3 Å². The van der Waals surface area contributed by atoms with Crippen molar-refractivity contribution in [2.24, 2.45) is 5.73 Å². The molecule has 0 saturated carbocycles. The Morgan fingerprint density at radius 2 is 2.37 bits per heavy atom. The fourth-order valence-corrected chi connectivity index (χ4v) is 1.29. The molecule has 1 unspecified atom stereocenters. The Kier molecular flexibility index (Phi) is 6.56. The number of hydrogen-bond acceptors (Lipinski definition) is 5. The van der Waals surface area contributed by atoms with E-state index < -0.39 is 6.04 Å². The molecule has 0 radical (unpaired) electrons. The Morgan fingerprint density at radius 1 is 1.58 bits per heavy atom. The number of aromatic nitrogens is 1. The first-order chi connectivity index (χ1) is 9.17. The van der Waals surface area contributed by atoms with Gasteiger partial charge in [-0.15, -0.1) is 6.58 Å². The van der Waals surface area contributed by atoms with Crippen molar-refractivity contribution in [2.45, 2.75) is 12.5 Å². The topological polar surface area (TPSA) is 86.5 Å². The zero-order valence-corrected chi connectivity index (χ0v) is 11.0. The third kappa shape index (κ3) is 5.50. The quantitative estimate of drug-likeness (QED) is 0.540. The summed E-state index contributed by atoms with van der Waals surface area (Å²) in [7, 11) is 1.60. The second-order valence-corrected chi connectivity index (χ2v) is 3.85. The van der Waals surface area contributed by atoms with Crippen molar-refractivity contribution in [3.8, 4) is 5.88 Å². The molecule has 1 aromatic heterocycles. The first-order valence-electron chi connectivity index (χ1n) is 5.92. The lowest BCUT2D eigenvalue weighted by atomic mass is 10.2. The van der Waals surface area contributed by atoms with Gasteiger partial charge in [0.1, 0.15) is 6.61 Å². The van der Waals surface area contributed by atoms with Gasteiger partial charge in [-0.1, -0.05) is 6.08 Å². The number of nitrogens with zero attached hydrogens (tertiary/aromatic N) is 1. The summed E-state index contributed by atoms with van der Waals surface area (Å²) in [6.07, 6.45) is 3.55. The molecule has 19 heavy (non-hydrogen) atoms. The molecular formula is C13H19N3O3. The van der Waals surface area contributed by atoms with Gasteiger partial charge in [-0.05, 0) is 12.5 Å². The normalized spacial score (nSPS) is 11.7. The fraction of sp³-hybridized carbons (Fsp3) is 0.385. The molecule has 0 bridgehead atoms. The van der Waals surface area contributed by atoms with Crippen LogP contribution in [-0.2, 0) is 9.53 Å². The predicted molar refractivity (Wildman–Crippen MR) is 73.0 cm³/mol. The number of ether oxygens (including phenoxy) is 2. The van der Waals surface area contributed by atoms with Crippen LogP contribution in [0.1, 0.15) is 6.42 Å². The van der Waals surface area contributed by atoms with Crippen molar-refractivity contribution < 1.29 is 14.3 Å². The molecule has 0 saturated heterocycles. The molecule has 6 nitrogen and oxygen atoms in total. The fourth-order valence-electron chi connectivity index (χ4n) is 1.29. The number of rotatable bonds is 8. The summed E-state index contributed by atoms with van der Waals surface area (Å²) in [6, 6.07) is 2.77. The molecule has 0 aliphatic rings. The van der Waals surface area contributed by atoms with E-state index in [9.17, 15) is 4.79 Å². The SMILES string of the molecule is C=CCC(N)C(=O)Nc1ccc(OCCOC)nc1. The number of hydrogen-bond donors (Lipinski definition) is 2. The molecule has 0 fully saturated rings. The lowest BCUT2D eigenvalue weighted by Gasteiger charge is -2.10. The van der Waals surface area contributed by atoms with Crippen molar-refractivity contribution in [3.63, 3.8) is 0 Å². The van der Waals surface area contributed by atoms with Crippen LogP contribution in [0.2, 0.25) is 0 Å². The van der Waals surface area contributed by atoms with Crippen LogP contribution >= 0.6 is 0 Å². The lowest BCUT2D eigenvalue weighted by molar-refractivity contribution is -0.117. The van der Waals surface area contributed by atoms with Gasteiger partial charge >= 0.3 is 0 Å². The Morgan fingerprint density at radius 3 is 2.95 bits per heavy atom. The van der Waals surface area contributed by atoms with E-state index in [2.05, 4.69) is 16.9 Å². The minimum Gasteiger partial charge on any atom is -0.475 e. The summed E-state index contributed by atoms with van der Waals surface area (Å²) >= 11 is 0. The van der Waals surface area contributed by atoms with Crippen LogP contribution in [0.15, 0.2) is 31.0 Å². The van der Waals surface area contributed by atoms with Gasteiger partial charge in [0, 0.05) is 13.2 Å². The number of carbonyl (C=O) groups excluding carboxylic acids is 1. The van der Waals surface area contributed by atoms with Crippen LogP contribution in [0.5, 0.6) is 5.88 Å². The maximum atomic E-state index is 11.6. The van der Waals surface area contributed by atoms with Crippen LogP contribution in [0.4, 0.5) is 5.69 Å². The Hall–Kier alpha value is -1.92. The van der Waals surface area contributed by atoms with E-state index in [0.717, 1.165) is 0 Å². The van der Waals surface area contributed by atoms with Gasteiger partial charge in [0.05, 0.1) is 24.5 Å². The molecule has 0 aliphatic heterocycles. The van der Waals surface area contributed by atoms with E-state index in [1.807, 2.05) is 0 Å². The highest BCUT2D eigenvalue weighted by atomic mass is 16.5. The van der Waals surface area contributed by atoms with Crippen LogP contribution in [0, 0.1) is 0 Å². The molecule has 3 N–H and O–H groups in total. The molecule has 1 heterocycles. The zero-order valence-electron chi connectivity index (χ0n) is 11.0. The monoisotopic (exact) mass is 265 g/mol. The molecular weight excluding hydrogens is 246 g/mol.